The molecule has 0 aliphatic carbocycles. The fourth-order valence-electron chi connectivity index (χ4n) is 2.35. The third-order valence-electron chi connectivity index (χ3n) is 3.97. The van der Waals surface area contributed by atoms with Gasteiger partial charge in [-0.25, -0.2) is 8.42 Å². The predicted molar refractivity (Wildman–Crippen MR) is 102 cm³/mol. The molecule has 2 aromatic rings. The van der Waals surface area contributed by atoms with E-state index < -0.39 is 27.4 Å². The van der Waals surface area contributed by atoms with E-state index in [4.69, 9.17) is 0 Å². The van der Waals surface area contributed by atoms with Crippen molar-refractivity contribution >= 4 is 27.3 Å². The molecule has 0 aliphatic heterocycles. The zero-order valence-electron chi connectivity index (χ0n) is 15.0. The summed E-state index contributed by atoms with van der Waals surface area (Å²) >= 11 is 0. The van der Waals surface area contributed by atoms with Crippen LogP contribution < -0.4 is 9.62 Å². The number of nitrogens with one attached hydrogen (secondary N) is 1. The first-order valence-corrected chi connectivity index (χ1v) is 9.81. The first kappa shape index (κ1) is 20.4. The summed E-state index contributed by atoms with van der Waals surface area (Å²) in [5, 5.41) is 13.8. The van der Waals surface area contributed by atoms with E-state index in [1.807, 2.05) is 6.92 Å². The summed E-state index contributed by atoms with van der Waals surface area (Å²) in [5.41, 5.74) is -0.213. The van der Waals surface area contributed by atoms with Gasteiger partial charge in [0.05, 0.1) is 15.5 Å². The second kappa shape index (κ2) is 8.63. The van der Waals surface area contributed by atoms with E-state index in [0.29, 0.717) is 6.42 Å². The second-order valence-electron chi connectivity index (χ2n) is 5.98. The van der Waals surface area contributed by atoms with Crippen LogP contribution in [0.15, 0.2) is 59.5 Å². The van der Waals surface area contributed by atoms with E-state index in [1.165, 1.54) is 30.3 Å². The van der Waals surface area contributed by atoms with Gasteiger partial charge in [-0.05, 0) is 31.5 Å². The zero-order valence-corrected chi connectivity index (χ0v) is 15.8. The SMILES string of the molecule is CC[C@H](C)NC(=O)CN(c1cccc([N+](=O)[O-])c1)S(=O)(=O)c1ccccc1. The number of nitro benzene ring substituents is 1. The Morgan fingerprint density at radius 1 is 1.19 bits per heavy atom. The molecule has 8 nitrogen and oxygen atoms in total. The van der Waals surface area contributed by atoms with Gasteiger partial charge in [-0.3, -0.25) is 19.2 Å². The van der Waals surface area contributed by atoms with Crippen molar-refractivity contribution in [3.05, 3.63) is 64.7 Å². The molecule has 0 saturated carbocycles. The average Bonchev–Trinajstić information content (AvgIpc) is 2.66. The topological polar surface area (TPSA) is 110 Å². The third-order valence-corrected chi connectivity index (χ3v) is 5.75. The van der Waals surface area contributed by atoms with Crippen LogP contribution in [0.4, 0.5) is 11.4 Å². The van der Waals surface area contributed by atoms with E-state index in [2.05, 4.69) is 5.32 Å². The van der Waals surface area contributed by atoms with Crippen molar-refractivity contribution in [1.29, 1.82) is 0 Å². The molecule has 1 amide bonds. The lowest BCUT2D eigenvalue weighted by molar-refractivity contribution is -0.384. The molecule has 1 atom stereocenters. The largest absolute Gasteiger partial charge is 0.352 e. The molecule has 2 rings (SSSR count). The number of carbonyl (C=O) groups is 1. The smallest absolute Gasteiger partial charge is 0.271 e. The number of hydrogen-bond donors (Lipinski definition) is 1. The molecule has 0 radical (unpaired) electrons. The van der Waals surface area contributed by atoms with Crippen molar-refractivity contribution in [2.45, 2.75) is 31.2 Å². The third kappa shape index (κ3) is 5.04. The minimum Gasteiger partial charge on any atom is -0.352 e. The average molecular weight is 391 g/mol. The van der Waals surface area contributed by atoms with Gasteiger partial charge in [0, 0.05) is 18.2 Å². The molecule has 1 N–H and O–H groups in total. The fraction of sp³-hybridized carbons (Fsp3) is 0.278. The van der Waals surface area contributed by atoms with Gasteiger partial charge in [0.2, 0.25) is 5.91 Å². The number of hydrogen-bond acceptors (Lipinski definition) is 5. The molecule has 2 aromatic carbocycles. The van der Waals surface area contributed by atoms with Crippen LogP contribution in [-0.4, -0.2) is 31.8 Å². The number of nitrogens with zero attached hydrogens (tertiary/aromatic N) is 2. The number of non-ortho nitro benzene ring substituents is 1. The lowest BCUT2D eigenvalue weighted by atomic mass is 10.2. The Morgan fingerprint density at radius 2 is 1.85 bits per heavy atom. The maximum Gasteiger partial charge on any atom is 0.271 e. The highest BCUT2D eigenvalue weighted by Gasteiger charge is 2.28. The molecule has 9 heteroatoms. The van der Waals surface area contributed by atoms with Crippen LogP contribution in [0.25, 0.3) is 0 Å². The minimum atomic E-state index is -4.08. The van der Waals surface area contributed by atoms with Gasteiger partial charge in [0.15, 0.2) is 0 Å². The molecule has 0 unspecified atom stereocenters. The van der Waals surface area contributed by atoms with Crippen molar-refractivity contribution in [2.75, 3.05) is 10.8 Å². The number of nitro groups is 1. The molecule has 0 spiro atoms. The Morgan fingerprint density at radius 3 is 2.44 bits per heavy atom. The summed E-state index contributed by atoms with van der Waals surface area (Å²) in [6.07, 6.45) is 0.688. The van der Waals surface area contributed by atoms with Crippen molar-refractivity contribution < 1.29 is 18.1 Å². The van der Waals surface area contributed by atoms with Crippen molar-refractivity contribution in [3.8, 4) is 0 Å². The molecule has 0 bridgehead atoms. The van der Waals surface area contributed by atoms with Crippen LogP contribution in [0.3, 0.4) is 0 Å². The Labute approximate surface area is 158 Å². The summed E-state index contributed by atoms with van der Waals surface area (Å²) in [4.78, 5) is 22.8. The first-order chi connectivity index (χ1) is 12.8. The molecule has 0 heterocycles. The van der Waals surface area contributed by atoms with Crippen LogP contribution in [0.1, 0.15) is 20.3 Å². The number of sulfonamides is 1. The molecule has 27 heavy (non-hydrogen) atoms. The summed E-state index contributed by atoms with van der Waals surface area (Å²) < 4.78 is 27.0. The van der Waals surface area contributed by atoms with Gasteiger partial charge >= 0.3 is 0 Å². The Kier molecular flexibility index (Phi) is 6.51. The lowest BCUT2D eigenvalue weighted by Crippen LogP contribution is -2.43. The first-order valence-electron chi connectivity index (χ1n) is 8.37. The van der Waals surface area contributed by atoms with Gasteiger partial charge in [-0.15, -0.1) is 0 Å². The fourth-order valence-corrected chi connectivity index (χ4v) is 3.78. The van der Waals surface area contributed by atoms with Gasteiger partial charge in [-0.1, -0.05) is 31.2 Å². The van der Waals surface area contributed by atoms with E-state index in [-0.39, 0.29) is 22.3 Å². The van der Waals surface area contributed by atoms with Crippen LogP contribution in [-0.2, 0) is 14.8 Å². The Balaban J connectivity index is 2.47. The van der Waals surface area contributed by atoms with Crippen molar-refractivity contribution in [1.82, 2.24) is 5.32 Å². The van der Waals surface area contributed by atoms with Gasteiger partial charge < -0.3 is 5.32 Å². The van der Waals surface area contributed by atoms with E-state index in [9.17, 15) is 23.3 Å². The van der Waals surface area contributed by atoms with Crippen LogP contribution in [0, 0.1) is 10.1 Å². The Bertz CT molecular complexity index is 916. The van der Waals surface area contributed by atoms with Crippen molar-refractivity contribution in [3.63, 3.8) is 0 Å². The standard InChI is InChI=1S/C18H21N3O5S/c1-3-14(2)19-18(22)13-20(15-8-7-9-16(12-15)21(23)24)27(25,26)17-10-5-4-6-11-17/h4-12,14H,3,13H2,1-2H3,(H,19,22)/t14-/m0/s1. The van der Waals surface area contributed by atoms with Crippen molar-refractivity contribution in [2.24, 2.45) is 0 Å². The monoisotopic (exact) mass is 391 g/mol. The minimum absolute atomic E-state index is 0.00662. The number of rotatable bonds is 8. The molecule has 0 aliphatic rings. The van der Waals surface area contributed by atoms with E-state index in [0.717, 1.165) is 10.4 Å². The predicted octanol–water partition coefficient (Wildman–Crippen LogP) is 2.70. The number of carbonyl (C=O) groups excluding carboxylic acids is 1. The second-order valence-corrected chi connectivity index (χ2v) is 7.84. The maximum absolute atomic E-state index is 13.1. The van der Waals surface area contributed by atoms with Crippen LogP contribution in [0.2, 0.25) is 0 Å². The normalized spacial score (nSPS) is 12.2. The molecular formula is C18H21N3O5S. The Hall–Kier alpha value is -2.94. The number of anilines is 1. The summed E-state index contributed by atoms with van der Waals surface area (Å²) in [6.45, 7) is 3.22. The molecule has 144 valence electrons. The highest BCUT2D eigenvalue weighted by molar-refractivity contribution is 7.92. The van der Waals surface area contributed by atoms with Gasteiger partial charge in [0.25, 0.3) is 15.7 Å². The molecule has 0 saturated heterocycles. The lowest BCUT2D eigenvalue weighted by Gasteiger charge is -2.24. The highest BCUT2D eigenvalue weighted by atomic mass is 32.2. The zero-order chi connectivity index (χ0) is 20.0. The summed E-state index contributed by atoms with van der Waals surface area (Å²) in [7, 11) is -4.08. The van der Waals surface area contributed by atoms with Gasteiger partial charge in [0.1, 0.15) is 6.54 Å². The van der Waals surface area contributed by atoms with E-state index in [1.54, 1.807) is 25.1 Å². The van der Waals surface area contributed by atoms with E-state index >= 15 is 0 Å². The van der Waals surface area contributed by atoms with Gasteiger partial charge in [-0.2, -0.15) is 0 Å². The van der Waals surface area contributed by atoms with Crippen LogP contribution in [0.5, 0.6) is 0 Å². The highest BCUT2D eigenvalue weighted by Crippen LogP contribution is 2.26. The summed E-state index contributed by atoms with van der Waals surface area (Å²) in [6, 6.07) is 12.7. The number of amides is 1. The molecular weight excluding hydrogens is 370 g/mol. The number of benzene rings is 2. The molecule has 0 fully saturated rings. The van der Waals surface area contributed by atoms with Crippen LogP contribution >= 0.6 is 0 Å². The quantitative estimate of drug-likeness (QED) is 0.549. The maximum atomic E-state index is 13.1. The molecule has 0 aromatic heterocycles. The summed E-state index contributed by atoms with van der Waals surface area (Å²) in [5.74, 6) is -0.490.